The second kappa shape index (κ2) is 5.89. The Morgan fingerprint density at radius 3 is 2.84 bits per heavy atom. The molecule has 1 heterocycles. The van der Waals surface area contributed by atoms with Crippen molar-refractivity contribution in [3.8, 4) is 0 Å². The van der Waals surface area contributed by atoms with E-state index in [9.17, 15) is 4.79 Å². The van der Waals surface area contributed by atoms with Gasteiger partial charge in [0.25, 0.3) is 5.91 Å². The lowest BCUT2D eigenvalue weighted by molar-refractivity contribution is 0.0945. The number of carbonyl (C=O) groups excluding carboxylic acids is 1. The van der Waals surface area contributed by atoms with Crippen LogP contribution in [0.25, 0.3) is 0 Å². The van der Waals surface area contributed by atoms with E-state index >= 15 is 0 Å². The highest BCUT2D eigenvalue weighted by molar-refractivity contribution is 6.30. The monoisotopic (exact) mass is 277 g/mol. The van der Waals surface area contributed by atoms with Gasteiger partial charge in [0.1, 0.15) is 5.69 Å². The second-order valence-corrected chi connectivity index (χ2v) is 4.87. The predicted octanol–water partition coefficient (Wildman–Crippen LogP) is 2.35. The molecule has 4 nitrogen and oxygen atoms in total. The van der Waals surface area contributed by atoms with Gasteiger partial charge in [-0.2, -0.15) is 5.10 Å². The minimum Gasteiger partial charge on any atom is -0.350 e. The van der Waals surface area contributed by atoms with Gasteiger partial charge in [-0.3, -0.25) is 9.48 Å². The molecule has 0 bridgehead atoms. The highest BCUT2D eigenvalue weighted by Crippen LogP contribution is 2.10. The van der Waals surface area contributed by atoms with Gasteiger partial charge in [-0.05, 0) is 37.1 Å². The highest BCUT2D eigenvalue weighted by Gasteiger charge is 2.10. The van der Waals surface area contributed by atoms with Gasteiger partial charge in [0.05, 0.1) is 5.69 Å². The van der Waals surface area contributed by atoms with Crippen LogP contribution in [0.15, 0.2) is 30.3 Å². The van der Waals surface area contributed by atoms with Gasteiger partial charge < -0.3 is 5.32 Å². The Hall–Kier alpha value is -1.81. The van der Waals surface area contributed by atoms with E-state index in [2.05, 4.69) is 10.4 Å². The first-order valence-electron chi connectivity index (χ1n) is 6.09. The Kier molecular flexibility index (Phi) is 4.22. The molecule has 0 atom stereocenters. The topological polar surface area (TPSA) is 46.9 Å². The lowest BCUT2D eigenvalue weighted by Crippen LogP contribution is -2.27. The maximum absolute atomic E-state index is 11.9. The smallest absolute Gasteiger partial charge is 0.269 e. The average molecular weight is 278 g/mol. The first-order valence-corrected chi connectivity index (χ1v) is 6.47. The van der Waals surface area contributed by atoms with Crippen LogP contribution in [-0.2, 0) is 13.5 Å². The molecule has 0 aliphatic rings. The molecule has 1 aromatic heterocycles. The summed E-state index contributed by atoms with van der Waals surface area (Å²) < 4.78 is 1.59. The first kappa shape index (κ1) is 13.6. The number of halogens is 1. The van der Waals surface area contributed by atoms with E-state index in [1.165, 1.54) is 0 Å². The van der Waals surface area contributed by atoms with Crippen molar-refractivity contribution in [2.75, 3.05) is 6.54 Å². The third-order valence-corrected chi connectivity index (χ3v) is 3.06. The summed E-state index contributed by atoms with van der Waals surface area (Å²) in [5.74, 6) is -0.106. The minimum atomic E-state index is -0.106. The van der Waals surface area contributed by atoms with E-state index < -0.39 is 0 Å². The first-order chi connectivity index (χ1) is 9.06. The summed E-state index contributed by atoms with van der Waals surface area (Å²) in [6.45, 7) is 2.44. The Bertz CT molecular complexity index is 592. The van der Waals surface area contributed by atoms with Gasteiger partial charge in [-0.1, -0.05) is 23.7 Å². The molecule has 0 fully saturated rings. The van der Waals surface area contributed by atoms with Crippen LogP contribution in [0.2, 0.25) is 5.02 Å². The summed E-state index contributed by atoms with van der Waals surface area (Å²) in [6, 6.07) is 9.41. The SMILES string of the molecule is Cc1cc(C(=O)NCCc2cccc(Cl)c2)n(C)n1. The predicted molar refractivity (Wildman–Crippen MR) is 75.4 cm³/mol. The van der Waals surface area contributed by atoms with Gasteiger partial charge in [0.15, 0.2) is 0 Å². The zero-order valence-electron chi connectivity index (χ0n) is 11.0. The average Bonchev–Trinajstić information content (AvgIpc) is 2.68. The van der Waals surface area contributed by atoms with E-state index in [1.54, 1.807) is 17.8 Å². The number of aryl methyl sites for hydroxylation is 2. The molecule has 0 saturated heterocycles. The number of hydrogen-bond acceptors (Lipinski definition) is 2. The molecule has 2 rings (SSSR count). The number of amides is 1. The van der Waals surface area contributed by atoms with Crippen LogP contribution < -0.4 is 5.32 Å². The normalized spacial score (nSPS) is 10.5. The fourth-order valence-corrected chi connectivity index (χ4v) is 2.14. The molecule has 2 aromatic rings. The number of rotatable bonds is 4. The number of aromatic nitrogens is 2. The van der Waals surface area contributed by atoms with Gasteiger partial charge in [-0.15, -0.1) is 0 Å². The van der Waals surface area contributed by atoms with Crippen LogP contribution in [0.4, 0.5) is 0 Å². The molecule has 5 heteroatoms. The zero-order chi connectivity index (χ0) is 13.8. The molecule has 0 saturated carbocycles. The molecular formula is C14H16ClN3O. The zero-order valence-corrected chi connectivity index (χ0v) is 11.7. The molecule has 0 radical (unpaired) electrons. The molecular weight excluding hydrogens is 262 g/mol. The lowest BCUT2D eigenvalue weighted by Gasteiger charge is -2.05. The highest BCUT2D eigenvalue weighted by atomic mass is 35.5. The molecule has 0 aliphatic carbocycles. The number of hydrogen-bond donors (Lipinski definition) is 1. The maximum Gasteiger partial charge on any atom is 0.269 e. The van der Waals surface area contributed by atoms with Crippen LogP contribution in [0.1, 0.15) is 21.7 Å². The fraction of sp³-hybridized carbons (Fsp3) is 0.286. The molecule has 1 amide bonds. The third-order valence-electron chi connectivity index (χ3n) is 2.82. The summed E-state index contributed by atoms with van der Waals surface area (Å²) in [4.78, 5) is 11.9. The quantitative estimate of drug-likeness (QED) is 0.932. The van der Waals surface area contributed by atoms with Crippen molar-refractivity contribution in [3.05, 3.63) is 52.3 Å². The standard InChI is InChI=1S/C14H16ClN3O/c1-10-8-13(18(2)17-10)14(19)16-7-6-11-4-3-5-12(15)9-11/h3-5,8-9H,6-7H2,1-2H3,(H,16,19). The summed E-state index contributed by atoms with van der Waals surface area (Å²) >= 11 is 5.91. The number of nitrogens with zero attached hydrogens (tertiary/aromatic N) is 2. The summed E-state index contributed by atoms with van der Waals surface area (Å²) in [5, 5.41) is 7.74. The Morgan fingerprint density at radius 2 is 2.21 bits per heavy atom. The van der Waals surface area contributed by atoms with Crippen molar-refractivity contribution >= 4 is 17.5 Å². The minimum absolute atomic E-state index is 0.106. The third kappa shape index (κ3) is 3.58. The van der Waals surface area contributed by atoms with Gasteiger partial charge in [0.2, 0.25) is 0 Å². The van der Waals surface area contributed by atoms with E-state index in [-0.39, 0.29) is 5.91 Å². The van der Waals surface area contributed by atoms with Crippen molar-refractivity contribution in [2.45, 2.75) is 13.3 Å². The van der Waals surface area contributed by atoms with Crippen molar-refractivity contribution < 1.29 is 4.79 Å². The Morgan fingerprint density at radius 1 is 1.42 bits per heavy atom. The van der Waals surface area contributed by atoms with E-state index in [0.717, 1.165) is 17.7 Å². The van der Waals surface area contributed by atoms with E-state index in [0.29, 0.717) is 17.3 Å². The van der Waals surface area contributed by atoms with Crippen LogP contribution >= 0.6 is 11.6 Å². The summed E-state index contributed by atoms with van der Waals surface area (Å²) in [7, 11) is 1.76. The summed E-state index contributed by atoms with van der Waals surface area (Å²) in [6.07, 6.45) is 0.753. The molecule has 0 spiro atoms. The molecule has 100 valence electrons. The fourth-order valence-electron chi connectivity index (χ4n) is 1.93. The summed E-state index contributed by atoms with van der Waals surface area (Å²) in [5.41, 5.74) is 2.51. The van der Waals surface area contributed by atoms with Gasteiger partial charge >= 0.3 is 0 Å². The molecule has 0 unspecified atom stereocenters. The van der Waals surface area contributed by atoms with Gasteiger partial charge in [0, 0.05) is 18.6 Å². The number of carbonyl (C=O) groups is 1. The van der Waals surface area contributed by atoms with Crippen molar-refractivity contribution in [3.63, 3.8) is 0 Å². The second-order valence-electron chi connectivity index (χ2n) is 4.43. The van der Waals surface area contributed by atoms with Gasteiger partial charge in [-0.25, -0.2) is 0 Å². The van der Waals surface area contributed by atoms with Crippen molar-refractivity contribution in [1.82, 2.24) is 15.1 Å². The molecule has 19 heavy (non-hydrogen) atoms. The number of nitrogens with one attached hydrogen (secondary N) is 1. The van der Waals surface area contributed by atoms with E-state index in [1.807, 2.05) is 31.2 Å². The number of benzene rings is 1. The maximum atomic E-state index is 11.9. The largest absolute Gasteiger partial charge is 0.350 e. The molecule has 1 aromatic carbocycles. The Balaban J connectivity index is 1.89. The van der Waals surface area contributed by atoms with Crippen LogP contribution in [-0.4, -0.2) is 22.2 Å². The molecule has 0 aliphatic heterocycles. The lowest BCUT2D eigenvalue weighted by atomic mass is 10.1. The Labute approximate surface area is 117 Å². The van der Waals surface area contributed by atoms with Crippen LogP contribution in [0.5, 0.6) is 0 Å². The van der Waals surface area contributed by atoms with Crippen molar-refractivity contribution in [2.24, 2.45) is 7.05 Å². The van der Waals surface area contributed by atoms with Crippen LogP contribution in [0, 0.1) is 6.92 Å². The molecule has 1 N–H and O–H groups in total. The van der Waals surface area contributed by atoms with Crippen LogP contribution in [0.3, 0.4) is 0 Å². The van der Waals surface area contributed by atoms with E-state index in [4.69, 9.17) is 11.6 Å². The van der Waals surface area contributed by atoms with Crippen molar-refractivity contribution in [1.29, 1.82) is 0 Å².